The molecule has 0 radical (unpaired) electrons. The maximum atomic E-state index is 12.6. The summed E-state index contributed by atoms with van der Waals surface area (Å²) in [6.07, 6.45) is 0. The van der Waals surface area contributed by atoms with Crippen LogP contribution in [0.5, 0.6) is 0 Å². The molecule has 0 saturated heterocycles. The summed E-state index contributed by atoms with van der Waals surface area (Å²) in [7, 11) is 0. The Balaban J connectivity index is 2.10. The highest BCUT2D eigenvalue weighted by Gasteiger charge is 2.09. The van der Waals surface area contributed by atoms with Gasteiger partial charge in [0.2, 0.25) is 0 Å². The molecular weight excluding hydrogens is 233 g/mol. The Morgan fingerprint density at radius 3 is 2.62 bits per heavy atom. The Labute approximate surface area is 95.4 Å². The monoisotopic (exact) mass is 239 g/mol. The van der Waals surface area contributed by atoms with Gasteiger partial charge in [-0.15, -0.1) is 0 Å². The van der Waals surface area contributed by atoms with E-state index in [0.29, 0.717) is 5.69 Å². The zero-order chi connectivity index (χ0) is 11.5. The van der Waals surface area contributed by atoms with E-state index < -0.39 is 5.91 Å². The predicted molar refractivity (Wildman–Crippen MR) is 58.0 cm³/mol. The van der Waals surface area contributed by atoms with Gasteiger partial charge in [-0.3, -0.25) is 9.89 Å². The van der Waals surface area contributed by atoms with Gasteiger partial charge in [0, 0.05) is 11.8 Å². The SMILES string of the molecule is O=C(Nc1ccc(F)cc1)c1cc(Cl)[nH]n1. The summed E-state index contributed by atoms with van der Waals surface area (Å²) in [5.74, 6) is -0.768. The van der Waals surface area contributed by atoms with E-state index in [1.807, 2.05) is 0 Å². The number of carbonyl (C=O) groups excluding carboxylic acids is 1. The van der Waals surface area contributed by atoms with Crippen LogP contribution in [0.25, 0.3) is 0 Å². The van der Waals surface area contributed by atoms with Gasteiger partial charge in [0.15, 0.2) is 5.69 Å². The van der Waals surface area contributed by atoms with E-state index in [9.17, 15) is 9.18 Å². The second-order valence-corrected chi connectivity index (χ2v) is 3.47. The number of anilines is 1. The van der Waals surface area contributed by atoms with Crippen LogP contribution in [0, 0.1) is 5.82 Å². The molecule has 2 aromatic rings. The van der Waals surface area contributed by atoms with Crippen molar-refractivity contribution < 1.29 is 9.18 Å². The van der Waals surface area contributed by atoms with Crippen LogP contribution in [0.2, 0.25) is 5.15 Å². The standard InChI is InChI=1S/C10H7ClFN3O/c11-9-5-8(14-15-9)10(16)13-7-3-1-6(12)2-4-7/h1-5H,(H,13,16)(H,14,15). The Bertz CT molecular complexity index is 509. The quantitative estimate of drug-likeness (QED) is 0.846. The van der Waals surface area contributed by atoms with Crippen LogP contribution in [-0.4, -0.2) is 16.1 Å². The van der Waals surface area contributed by atoms with Gasteiger partial charge in [0.1, 0.15) is 11.0 Å². The molecule has 0 fully saturated rings. The minimum atomic E-state index is -0.408. The van der Waals surface area contributed by atoms with Gasteiger partial charge in [-0.2, -0.15) is 5.10 Å². The maximum absolute atomic E-state index is 12.6. The largest absolute Gasteiger partial charge is 0.321 e. The third kappa shape index (κ3) is 2.38. The van der Waals surface area contributed by atoms with E-state index in [0.717, 1.165) is 0 Å². The zero-order valence-electron chi connectivity index (χ0n) is 8.00. The molecule has 6 heteroatoms. The van der Waals surface area contributed by atoms with Crippen LogP contribution < -0.4 is 5.32 Å². The summed E-state index contributed by atoms with van der Waals surface area (Å²) in [6, 6.07) is 6.84. The second-order valence-electron chi connectivity index (χ2n) is 3.06. The third-order valence-electron chi connectivity index (χ3n) is 1.88. The summed E-state index contributed by atoms with van der Waals surface area (Å²) in [5, 5.41) is 8.96. The molecule has 0 unspecified atom stereocenters. The Morgan fingerprint density at radius 2 is 2.06 bits per heavy atom. The first-order valence-corrected chi connectivity index (χ1v) is 4.81. The molecule has 2 rings (SSSR count). The molecule has 0 spiro atoms. The Morgan fingerprint density at radius 1 is 1.38 bits per heavy atom. The molecule has 0 saturated carbocycles. The van der Waals surface area contributed by atoms with E-state index >= 15 is 0 Å². The minimum absolute atomic E-state index is 0.175. The fourth-order valence-corrected chi connectivity index (χ4v) is 1.29. The molecule has 0 aliphatic rings. The van der Waals surface area contributed by atoms with Gasteiger partial charge in [-0.05, 0) is 24.3 Å². The lowest BCUT2D eigenvalue weighted by atomic mass is 10.3. The van der Waals surface area contributed by atoms with Gasteiger partial charge >= 0.3 is 0 Å². The fourth-order valence-electron chi connectivity index (χ4n) is 1.14. The molecule has 0 aliphatic heterocycles. The van der Waals surface area contributed by atoms with Crippen LogP contribution in [0.1, 0.15) is 10.5 Å². The molecule has 1 heterocycles. The number of aromatic amines is 1. The van der Waals surface area contributed by atoms with Crippen LogP contribution >= 0.6 is 11.6 Å². The second kappa shape index (κ2) is 4.32. The van der Waals surface area contributed by atoms with Crippen molar-refractivity contribution in [2.45, 2.75) is 0 Å². The summed E-state index contributed by atoms with van der Waals surface area (Å²) in [4.78, 5) is 11.6. The molecule has 82 valence electrons. The van der Waals surface area contributed by atoms with Gasteiger partial charge in [-0.25, -0.2) is 4.39 Å². The number of nitrogens with one attached hydrogen (secondary N) is 2. The summed E-state index contributed by atoms with van der Waals surface area (Å²) in [6.45, 7) is 0. The van der Waals surface area contributed by atoms with E-state index in [-0.39, 0.29) is 16.7 Å². The number of hydrogen-bond donors (Lipinski definition) is 2. The average molecular weight is 240 g/mol. The maximum Gasteiger partial charge on any atom is 0.276 e. The number of amides is 1. The lowest BCUT2D eigenvalue weighted by Gasteiger charge is -2.01. The van der Waals surface area contributed by atoms with Gasteiger partial charge in [0.05, 0.1) is 0 Å². The highest BCUT2D eigenvalue weighted by molar-refractivity contribution is 6.29. The molecule has 1 amide bonds. The first-order valence-electron chi connectivity index (χ1n) is 4.43. The lowest BCUT2D eigenvalue weighted by Crippen LogP contribution is -2.12. The number of nitrogens with zero attached hydrogens (tertiary/aromatic N) is 1. The van der Waals surface area contributed by atoms with E-state index in [4.69, 9.17) is 11.6 Å². The molecular formula is C10H7ClFN3O. The molecule has 1 aromatic carbocycles. The third-order valence-corrected chi connectivity index (χ3v) is 2.07. The van der Waals surface area contributed by atoms with E-state index in [1.54, 1.807) is 0 Å². The van der Waals surface area contributed by atoms with Crippen molar-refractivity contribution in [3.63, 3.8) is 0 Å². The van der Waals surface area contributed by atoms with Crippen molar-refractivity contribution in [2.75, 3.05) is 5.32 Å². The average Bonchev–Trinajstić information content (AvgIpc) is 2.68. The Kier molecular flexibility index (Phi) is 2.87. The molecule has 0 atom stereocenters. The number of H-pyrrole nitrogens is 1. The number of rotatable bonds is 2. The van der Waals surface area contributed by atoms with Gasteiger partial charge in [-0.1, -0.05) is 11.6 Å². The van der Waals surface area contributed by atoms with E-state index in [1.165, 1.54) is 30.3 Å². The first-order chi connectivity index (χ1) is 7.65. The summed E-state index contributed by atoms with van der Waals surface area (Å²) >= 11 is 5.58. The molecule has 1 aromatic heterocycles. The number of hydrogen-bond acceptors (Lipinski definition) is 2. The number of carbonyl (C=O) groups is 1. The zero-order valence-corrected chi connectivity index (χ0v) is 8.75. The van der Waals surface area contributed by atoms with Crippen LogP contribution in [0.15, 0.2) is 30.3 Å². The topological polar surface area (TPSA) is 57.8 Å². The van der Waals surface area contributed by atoms with Gasteiger partial charge < -0.3 is 5.32 Å². The van der Waals surface area contributed by atoms with E-state index in [2.05, 4.69) is 15.5 Å². The molecule has 2 N–H and O–H groups in total. The first kappa shape index (κ1) is 10.6. The molecule has 4 nitrogen and oxygen atoms in total. The predicted octanol–water partition coefficient (Wildman–Crippen LogP) is 2.45. The van der Waals surface area contributed by atoms with Crippen molar-refractivity contribution in [1.82, 2.24) is 10.2 Å². The minimum Gasteiger partial charge on any atom is -0.321 e. The molecule has 0 bridgehead atoms. The highest BCUT2D eigenvalue weighted by Crippen LogP contribution is 2.11. The van der Waals surface area contributed by atoms with Crippen molar-refractivity contribution in [3.05, 3.63) is 47.0 Å². The summed E-state index contributed by atoms with van der Waals surface area (Å²) < 4.78 is 12.6. The van der Waals surface area contributed by atoms with Crippen molar-refractivity contribution >= 4 is 23.2 Å². The van der Waals surface area contributed by atoms with Crippen LogP contribution in [-0.2, 0) is 0 Å². The lowest BCUT2D eigenvalue weighted by molar-refractivity contribution is 0.102. The van der Waals surface area contributed by atoms with Crippen molar-refractivity contribution in [3.8, 4) is 0 Å². The normalized spacial score (nSPS) is 10.1. The number of aromatic nitrogens is 2. The molecule has 16 heavy (non-hydrogen) atoms. The number of halogens is 2. The van der Waals surface area contributed by atoms with Gasteiger partial charge in [0.25, 0.3) is 5.91 Å². The Hall–Kier alpha value is -1.88. The number of benzene rings is 1. The van der Waals surface area contributed by atoms with Crippen molar-refractivity contribution in [1.29, 1.82) is 0 Å². The summed E-state index contributed by atoms with van der Waals surface area (Å²) in [5.41, 5.74) is 0.667. The van der Waals surface area contributed by atoms with Crippen LogP contribution in [0.3, 0.4) is 0 Å². The highest BCUT2D eigenvalue weighted by atomic mass is 35.5. The fraction of sp³-hybridized carbons (Fsp3) is 0. The van der Waals surface area contributed by atoms with Crippen LogP contribution in [0.4, 0.5) is 10.1 Å². The molecule has 0 aliphatic carbocycles. The van der Waals surface area contributed by atoms with Crippen molar-refractivity contribution in [2.24, 2.45) is 0 Å². The smallest absolute Gasteiger partial charge is 0.276 e.